The lowest BCUT2D eigenvalue weighted by atomic mass is 10.1. The van der Waals surface area contributed by atoms with E-state index in [1.807, 2.05) is 6.07 Å². The molecule has 2 unspecified atom stereocenters. The lowest BCUT2D eigenvalue weighted by molar-refractivity contribution is 0.414. The van der Waals surface area contributed by atoms with Gasteiger partial charge in [0.2, 0.25) is 5.95 Å². The van der Waals surface area contributed by atoms with E-state index in [1.54, 1.807) is 25.6 Å². The third kappa shape index (κ3) is 3.63. The summed E-state index contributed by atoms with van der Waals surface area (Å²) in [5.74, 6) is -0.153. The predicted octanol–water partition coefficient (Wildman–Crippen LogP) is 2.13. The lowest BCUT2D eigenvalue weighted by Gasteiger charge is -2.24. The van der Waals surface area contributed by atoms with Gasteiger partial charge in [-0.1, -0.05) is 0 Å². The number of hydrogen-bond acceptors (Lipinski definition) is 9. The molecule has 0 fully saturated rings. The molecule has 0 bridgehead atoms. The fourth-order valence-corrected chi connectivity index (χ4v) is 4.59. The number of ether oxygens (including phenoxy) is 1. The summed E-state index contributed by atoms with van der Waals surface area (Å²) in [5, 5.41) is 2.96. The molecule has 4 heterocycles. The van der Waals surface area contributed by atoms with Gasteiger partial charge in [0.15, 0.2) is 15.7 Å². The van der Waals surface area contributed by atoms with Gasteiger partial charge < -0.3 is 15.8 Å². The highest BCUT2D eigenvalue weighted by molar-refractivity contribution is 7.92. The van der Waals surface area contributed by atoms with Crippen molar-refractivity contribution in [2.45, 2.75) is 18.2 Å². The number of amidine groups is 1. The molecule has 0 spiro atoms. The molecule has 3 aromatic rings. The Morgan fingerprint density at radius 2 is 2.03 bits per heavy atom. The maximum Gasteiger partial charge on any atom is 0.218 e. The van der Waals surface area contributed by atoms with Gasteiger partial charge in [0.05, 0.1) is 37.0 Å². The van der Waals surface area contributed by atoms with Crippen molar-refractivity contribution in [2.24, 2.45) is 10.7 Å². The summed E-state index contributed by atoms with van der Waals surface area (Å²) < 4.78 is 44.2. The number of nitrogens with one attached hydrogen (secondary N) is 1. The summed E-state index contributed by atoms with van der Waals surface area (Å²) in [5.41, 5.74) is 6.79. The molecule has 3 N–H and O–H groups in total. The van der Waals surface area contributed by atoms with Crippen molar-refractivity contribution in [3.8, 4) is 5.75 Å². The molecule has 11 heteroatoms. The molecule has 0 saturated heterocycles. The molecule has 0 aromatic carbocycles. The van der Waals surface area contributed by atoms with Gasteiger partial charge in [0.1, 0.15) is 22.4 Å². The van der Waals surface area contributed by atoms with Gasteiger partial charge in [-0.25, -0.2) is 23.4 Å². The van der Waals surface area contributed by atoms with Gasteiger partial charge in [-0.15, -0.1) is 0 Å². The number of anilines is 2. The molecule has 0 aliphatic carbocycles. The summed E-state index contributed by atoms with van der Waals surface area (Å²) in [7, 11) is -1.98. The highest BCUT2D eigenvalue weighted by Crippen LogP contribution is 2.30. The van der Waals surface area contributed by atoms with Crippen molar-refractivity contribution < 1.29 is 17.5 Å². The quantitative estimate of drug-likeness (QED) is 0.602. The monoisotopic (exact) mass is 430 g/mol. The standard InChI is InChI=1S/C19H19FN6O3S/c1-10-18(21)26-15(9-30(10,27)28)14-6-12(7-24-17(14)20)25-19-16-11(3-4-22-19)5-13(29-2)8-23-16/h3-8,10,15H,9H2,1-2H3,(H2,21,26)(H,22,25). The highest BCUT2D eigenvalue weighted by atomic mass is 32.2. The molecule has 9 nitrogen and oxygen atoms in total. The number of pyridine rings is 3. The Morgan fingerprint density at radius 1 is 1.23 bits per heavy atom. The molecular weight excluding hydrogens is 411 g/mol. The van der Waals surface area contributed by atoms with E-state index in [0.717, 1.165) is 5.39 Å². The first-order chi connectivity index (χ1) is 14.3. The number of hydrogen-bond donors (Lipinski definition) is 2. The first-order valence-corrected chi connectivity index (χ1v) is 10.8. The maximum absolute atomic E-state index is 14.4. The number of methoxy groups -OCH3 is 1. The van der Waals surface area contributed by atoms with Gasteiger partial charge in [-0.3, -0.25) is 4.99 Å². The first kappa shape index (κ1) is 20.0. The summed E-state index contributed by atoms with van der Waals surface area (Å²) in [6.07, 6.45) is 4.45. The van der Waals surface area contributed by atoms with Crippen LogP contribution in [0.4, 0.5) is 15.9 Å². The van der Waals surface area contributed by atoms with Crippen LogP contribution in [0.1, 0.15) is 18.5 Å². The van der Waals surface area contributed by atoms with Crippen LogP contribution >= 0.6 is 0 Å². The molecule has 2 atom stereocenters. The van der Waals surface area contributed by atoms with Crippen molar-refractivity contribution in [3.63, 3.8) is 0 Å². The van der Waals surface area contributed by atoms with Gasteiger partial charge in [-0.2, -0.15) is 4.39 Å². The minimum Gasteiger partial charge on any atom is -0.495 e. The normalized spacial score (nSPS) is 20.6. The van der Waals surface area contributed by atoms with Crippen LogP contribution in [0.5, 0.6) is 5.75 Å². The van der Waals surface area contributed by atoms with Crippen LogP contribution in [-0.2, 0) is 9.84 Å². The number of halogens is 1. The number of aromatic nitrogens is 3. The van der Waals surface area contributed by atoms with Crippen LogP contribution in [0, 0.1) is 5.95 Å². The summed E-state index contributed by atoms with van der Waals surface area (Å²) in [6.45, 7) is 1.46. The van der Waals surface area contributed by atoms with E-state index in [-0.39, 0.29) is 17.2 Å². The fraction of sp³-hybridized carbons (Fsp3) is 0.263. The van der Waals surface area contributed by atoms with Crippen LogP contribution in [0.2, 0.25) is 0 Å². The molecule has 0 amide bonds. The van der Waals surface area contributed by atoms with E-state index in [0.29, 0.717) is 22.8 Å². The van der Waals surface area contributed by atoms with Crippen LogP contribution in [0.25, 0.3) is 10.9 Å². The number of rotatable bonds is 4. The maximum atomic E-state index is 14.4. The molecule has 1 aliphatic heterocycles. The van der Waals surface area contributed by atoms with Crippen LogP contribution in [0.3, 0.4) is 0 Å². The lowest BCUT2D eigenvalue weighted by Crippen LogP contribution is -2.41. The molecule has 3 aromatic heterocycles. The smallest absolute Gasteiger partial charge is 0.218 e. The van der Waals surface area contributed by atoms with Crippen molar-refractivity contribution >= 4 is 38.1 Å². The molecular formula is C19H19FN6O3S. The Morgan fingerprint density at radius 3 is 2.77 bits per heavy atom. The summed E-state index contributed by atoms with van der Waals surface area (Å²) in [6, 6.07) is 4.09. The Bertz CT molecular complexity index is 1260. The number of fused-ring (bicyclic) bond motifs is 1. The Kier molecular flexibility index (Phi) is 4.98. The summed E-state index contributed by atoms with van der Waals surface area (Å²) in [4.78, 5) is 16.6. The zero-order valence-electron chi connectivity index (χ0n) is 16.2. The number of nitrogens with zero attached hydrogens (tertiary/aromatic N) is 4. The molecule has 156 valence electrons. The zero-order chi connectivity index (χ0) is 21.5. The van der Waals surface area contributed by atoms with E-state index in [2.05, 4.69) is 25.3 Å². The topological polar surface area (TPSA) is 132 Å². The Hall–Kier alpha value is -3.34. The average molecular weight is 430 g/mol. The number of nitrogens with two attached hydrogens (primary N) is 1. The molecule has 30 heavy (non-hydrogen) atoms. The van der Waals surface area contributed by atoms with E-state index >= 15 is 0 Å². The second kappa shape index (κ2) is 7.48. The van der Waals surface area contributed by atoms with Gasteiger partial charge in [-0.05, 0) is 25.1 Å². The van der Waals surface area contributed by atoms with E-state index in [1.165, 1.54) is 19.2 Å². The van der Waals surface area contributed by atoms with Crippen molar-refractivity contribution in [3.05, 3.63) is 48.3 Å². The molecule has 0 saturated carbocycles. The molecule has 0 radical (unpaired) electrons. The highest BCUT2D eigenvalue weighted by Gasteiger charge is 2.35. The van der Waals surface area contributed by atoms with Gasteiger partial charge >= 0.3 is 0 Å². The van der Waals surface area contributed by atoms with Crippen LogP contribution in [0.15, 0.2) is 41.8 Å². The SMILES string of the molecule is COc1cnc2c(Nc3cnc(F)c(C4CS(=O)(=O)C(C)C(N)=N4)c3)nccc2c1. The van der Waals surface area contributed by atoms with Crippen LogP contribution in [-0.4, -0.2) is 47.3 Å². The first-order valence-electron chi connectivity index (χ1n) is 9.04. The van der Waals surface area contributed by atoms with E-state index < -0.39 is 27.1 Å². The predicted molar refractivity (Wildman–Crippen MR) is 111 cm³/mol. The Balaban J connectivity index is 1.71. The van der Waals surface area contributed by atoms with Crippen molar-refractivity contribution in [1.82, 2.24) is 15.0 Å². The minimum absolute atomic E-state index is 0.0355. The molecule has 1 aliphatic rings. The molecule has 4 rings (SSSR count). The fourth-order valence-electron chi connectivity index (χ4n) is 3.18. The third-order valence-corrected chi connectivity index (χ3v) is 7.05. The van der Waals surface area contributed by atoms with Gasteiger partial charge in [0, 0.05) is 17.1 Å². The largest absolute Gasteiger partial charge is 0.495 e. The van der Waals surface area contributed by atoms with E-state index in [4.69, 9.17) is 10.5 Å². The number of aliphatic imine (C=N–C) groups is 1. The van der Waals surface area contributed by atoms with Crippen molar-refractivity contribution in [1.29, 1.82) is 0 Å². The Labute approximate surface area is 172 Å². The summed E-state index contributed by atoms with van der Waals surface area (Å²) >= 11 is 0. The van der Waals surface area contributed by atoms with E-state index in [9.17, 15) is 12.8 Å². The zero-order valence-corrected chi connectivity index (χ0v) is 17.0. The van der Waals surface area contributed by atoms with Gasteiger partial charge in [0.25, 0.3) is 0 Å². The third-order valence-electron chi connectivity index (χ3n) is 4.95. The second-order valence-corrected chi connectivity index (χ2v) is 9.24. The van der Waals surface area contributed by atoms with Crippen molar-refractivity contribution in [2.75, 3.05) is 18.2 Å². The number of sulfone groups is 1. The van der Waals surface area contributed by atoms with Crippen LogP contribution < -0.4 is 15.8 Å². The minimum atomic E-state index is -3.54. The second-order valence-electron chi connectivity index (χ2n) is 6.88. The average Bonchev–Trinajstić information content (AvgIpc) is 2.72.